The predicted molar refractivity (Wildman–Crippen MR) is 129 cm³/mol. The minimum Gasteiger partial charge on any atom is -0.376 e. The van der Waals surface area contributed by atoms with Gasteiger partial charge >= 0.3 is 0 Å². The number of benzene rings is 2. The molecule has 0 bridgehead atoms. The van der Waals surface area contributed by atoms with Crippen LogP contribution < -0.4 is 10.9 Å². The summed E-state index contributed by atoms with van der Waals surface area (Å²) in [6.45, 7) is 6.67. The average Bonchev–Trinajstić information content (AvgIpc) is 3.30. The van der Waals surface area contributed by atoms with E-state index >= 15 is 0 Å². The number of nitrogens with zero attached hydrogens (tertiary/aromatic N) is 1. The van der Waals surface area contributed by atoms with Gasteiger partial charge in [0.25, 0.3) is 5.56 Å². The van der Waals surface area contributed by atoms with Gasteiger partial charge in [-0.05, 0) is 67.0 Å². The Labute approximate surface area is 188 Å². The second kappa shape index (κ2) is 9.62. The van der Waals surface area contributed by atoms with Crippen LogP contribution in [0.1, 0.15) is 35.1 Å². The zero-order chi connectivity index (χ0) is 21.8. The molecule has 162 valence electrons. The molecule has 2 N–H and O–H groups in total. The summed E-state index contributed by atoms with van der Waals surface area (Å²) in [6.07, 6.45) is 2.35. The molecule has 0 radical (unpaired) electrons. The lowest BCUT2D eigenvalue weighted by molar-refractivity contribution is 0.113. The molecule has 2 aromatic carbocycles. The highest BCUT2D eigenvalue weighted by atomic mass is 32.1. The van der Waals surface area contributed by atoms with Crippen molar-refractivity contribution in [1.82, 2.24) is 15.2 Å². The van der Waals surface area contributed by atoms with Crippen LogP contribution in [0.5, 0.6) is 0 Å². The number of fused-ring (bicyclic) bond motifs is 1. The maximum atomic E-state index is 12.9. The van der Waals surface area contributed by atoms with Gasteiger partial charge in [0, 0.05) is 25.3 Å². The van der Waals surface area contributed by atoms with Crippen molar-refractivity contribution < 1.29 is 4.74 Å². The minimum absolute atomic E-state index is 0.0683. The van der Waals surface area contributed by atoms with Crippen LogP contribution in [0.15, 0.2) is 53.3 Å². The van der Waals surface area contributed by atoms with Gasteiger partial charge in [0.05, 0.1) is 18.2 Å². The number of thiocarbonyl (C=S) groups is 1. The fourth-order valence-corrected chi connectivity index (χ4v) is 4.23. The molecule has 4 rings (SSSR count). The fourth-order valence-electron chi connectivity index (χ4n) is 4.01. The zero-order valence-electron chi connectivity index (χ0n) is 18.1. The second-order valence-electron chi connectivity index (χ2n) is 8.26. The summed E-state index contributed by atoms with van der Waals surface area (Å²) >= 11 is 5.73. The zero-order valence-corrected chi connectivity index (χ0v) is 18.9. The van der Waals surface area contributed by atoms with Crippen molar-refractivity contribution >= 4 is 28.2 Å². The molecule has 31 heavy (non-hydrogen) atoms. The third-order valence-electron chi connectivity index (χ3n) is 6.00. The SMILES string of the molecule is Cc1ccc2cc(CN(Cc3ccccc3)C(=S)NCC3CCCO3)c(=O)[nH]c2c1C. The molecule has 5 nitrogen and oxygen atoms in total. The maximum Gasteiger partial charge on any atom is 0.253 e. The highest BCUT2D eigenvalue weighted by Gasteiger charge is 2.18. The molecular weight excluding hydrogens is 406 g/mol. The number of pyridine rings is 1. The molecule has 1 saturated heterocycles. The van der Waals surface area contributed by atoms with Gasteiger partial charge in [-0.25, -0.2) is 0 Å². The lowest BCUT2D eigenvalue weighted by Gasteiger charge is -2.27. The number of ether oxygens (including phenoxy) is 1. The van der Waals surface area contributed by atoms with Crippen molar-refractivity contribution in [3.8, 4) is 0 Å². The van der Waals surface area contributed by atoms with E-state index in [1.54, 1.807) is 0 Å². The molecule has 1 unspecified atom stereocenters. The Morgan fingerprint density at radius 3 is 2.74 bits per heavy atom. The van der Waals surface area contributed by atoms with E-state index in [1.807, 2.05) is 31.2 Å². The van der Waals surface area contributed by atoms with E-state index in [-0.39, 0.29) is 11.7 Å². The smallest absolute Gasteiger partial charge is 0.253 e. The van der Waals surface area contributed by atoms with E-state index in [4.69, 9.17) is 17.0 Å². The number of hydrogen-bond donors (Lipinski definition) is 2. The molecule has 0 spiro atoms. The second-order valence-corrected chi connectivity index (χ2v) is 8.64. The van der Waals surface area contributed by atoms with Crippen molar-refractivity contribution in [2.75, 3.05) is 13.2 Å². The Bertz CT molecular complexity index is 1120. The summed E-state index contributed by atoms with van der Waals surface area (Å²) in [4.78, 5) is 18.0. The molecule has 1 atom stereocenters. The summed E-state index contributed by atoms with van der Waals surface area (Å²) in [5, 5.41) is 5.03. The molecule has 3 aromatic rings. The monoisotopic (exact) mass is 435 g/mol. The predicted octanol–water partition coefficient (Wildman–Crippen LogP) is 4.20. The molecule has 2 heterocycles. The molecule has 6 heteroatoms. The number of nitrogens with one attached hydrogen (secondary N) is 2. The summed E-state index contributed by atoms with van der Waals surface area (Å²) in [5.41, 5.74) is 4.96. The fraction of sp³-hybridized carbons (Fsp3) is 0.360. The van der Waals surface area contributed by atoms with Crippen LogP contribution >= 0.6 is 12.2 Å². The first-order chi connectivity index (χ1) is 15.0. The molecular formula is C25H29N3O2S. The Kier molecular flexibility index (Phi) is 6.68. The highest BCUT2D eigenvalue weighted by Crippen LogP contribution is 2.20. The molecule has 1 aliphatic rings. The summed E-state index contributed by atoms with van der Waals surface area (Å²) < 4.78 is 5.71. The first kappa shape index (κ1) is 21.5. The number of aromatic amines is 1. The Morgan fingerprint density at radius 1 is 1.19 bits per heavy atom. The van der Waals surface area contributed by atoms with Gasteiger partial charge in [-0.2, -0.15) is 0 Å². The normalized spacial score (nSPS) is 15.9. The first-order valence-corrected chi connectivity index (χ1v) is 11.2. The van der Waals surface area contributed by atoms with Gasteiger partial charge in [0.1, 0.15) is 0 Å². The van der Waals surface area contributed by atoms with Crippen molar-refractivity contribution in [3.05, 3.63) is 81.1 Å². The van der Waals surface area contributed by atoms with Crippen molar-refractivity contribution in [3.63, 3.8) is 0 Å². The van der Waals surface area contributed by atoms with Crippen LogP contribution in [0.3, 0.4) is 0 Å². The standard InChI is InChI=1S/C25H29N3O2S/c1-17-10-11-20-13-21(24(29)27-23(20)18(17)2)16-28(15-19-7-4-3-5-8-19)25(31)26-14-22-9-6-12-30-22/h3-5,7-8,10-11,13,22H,6,9,12,14-16H2,1-2H3,(H,26,31)(H,27,29). The molecule has 0 aliphatic carbocycles. The molecule has 1 aromatic heterocycles. The summed E-state index contributed by atoms with van der Waals surface area (Å²) in [5.74, 6) is 0. The lowest BCUT2D eigenvalue weighted by atomic mass is 10.0. The molecule has 0 saturated carbocycles. The topological polar surface area (TPSA) is 57.4 Å². The van der Waals surface area contributed by atoms with Crippen molar-refractivity contribution in [2.45, 2.75) is 45.9 Å². The number of aromatic nitrogens is 1. The van der Waals surface area contributed by atoms with Crippen LogP contribution in [-0.4, -0.2) is 34.3 Å². The summed E-state index contributed by atoms with van der Waals surface area (Å²) in [6, 6.07) is 16.3. The third kappa shape index (κ3) is 5.14. The number of aryl methyl sites for hydroxylation is 2. The van der Waals surface area contributed by atoms with E-state index in [9.17, 15) is 4.79 Å². The number of H-pyrrole nitrogens is 1. The minimum atomic E-state index is -0.0683. The largest absolute Gasteiger partial charge is 0.376 e. The molecule has 1 fully saturated rings. The van der Waals surface area contributed by atoms with Gasteiger partial charge in [0.15, 0.2) is 5.11 Å². The Morgan fingerprint density at radius 2 is 2.00 bits per heavy atom. The lowest BCUT2D eigenvalue weighted by Crippen LogP contribution is -2.42. The number of hydrogen-bond acceptors (Lipinski definition) is 3. The number of rotatable bonds is 6. The van der Waals surface area contributed by atoms with Gasteiger partial charge in [0.2, 0.25) is 0 Å². The third-order valence-corrected chi connectivity index (χ3v) is 6.40. The average molecular weight is 436 g/mol. The van der Waals surface area contributed by atoms with Crippen LogP contribution in [0.2, 0.25) is 0 Å². The van der Waals surface area contributed by atoms with E-state index < -0.39 is 0 Å². The van der Waals surface area contributed by atoms with Crippen molar-refractivity contribution in [1.29, 1.82) is 0 Å². The van der Waals surface area contributed by atoms with E-state index in [2.05, 4.69) is 46.4 Å². The molecule has 1 aliphatic heterocycles. The van der Waals surface area contributed by atoms with Gasteiger partial charge in [-0.3, -0.25) is 4.79 Å². The van der Waals surface area contributed by atoms with Gasteiger partial charge in [-0.1, -0.05) is 42.5 Å². The van der Waals surface area contributed by atoms with E-state index in [0.29, 0.717) is 30.3 Å². The Balaban J connectivity index is 1.58. The van der Waals surface area contributed by atoms with Gasteiger partial charge in [-0.15, -0.1) is 0 Å². The van der Waals surface area contributed by atoms with Crippen LogP contribution in [0, 0.1) is 13.8 Å². The van der Waals surface area contributed by atoms with Crippen LogP contribution in [0.25, 0.3) is 10.9 Å². The first-order valence-electron chi connectivity index (χ1n) is 10.8. The van der Waals surface area contributed by atoms with Crippen LogP contribution in [0.4, 0.5) is 0 Å². The maximum absolute atomic E-state index is 12.9. The van der Waals surface area contributed by atoms with E-state index in [0.717, 1.165) is 41.5 Å². The van der Waals surface area contributed by atoms with Gasteiger partial charge < -0.3 is 19.9 Å². The van der Waals surface area contributed by atoms with Crippen LogP contribution in [-0.2, 0) is 17.8 Å². The molecule has 0 amide bonds. The summed E-state index contributed by atoms with van der Waals surface area (Å²) in [7, 11) is 0. The highest BCUT2D eigenvalue weighted by molar-refractivity contribution is 7.80. The van der Waals surface area contributed by atoms with Crippen molar-refractivity contribution in [2.24, 2.45) is 0 Å². The van der Waals surface area contributed by atoms with E-state index in [1.165, 1.54) is 5.56 Å². The quantitative estimate of drug-likeness (QED) is 0.569. The Hall–Kier alpha value is -2.70.